The highest BCUT2D eigenvalue weighted by Gasteiger charge is 2.48. The van der Waals surface area contributed by atoms with Crippen LogP contribution in [0.4, 0.5) is 4.79 Å². The van der Waals surface area contributed by atoms with Gasteiger partial charge in [0, 0.05) is 11.6 Å². The summed E-state index contributed by atoms with van der Waals surface area (Å²) >= 11 is 5.83. The second-order valence-corrected chi connectivity index (χ2v) is 6.79. The Balaban J connectivity index is 1.60. The third-order valence-electron chi connectivity index (χ3n) is 4.47. The molecule has 1 unspecified atom stereocenters. The topological polar surface area (TPSA) is 82.4 Å². The van der Waals surface area contributed by atoms with Crippen molar-refractivity contribution in [2.45, 2.75) is 18.9 Å². The molecule has 1 atom stereocenters. The molecule has 138 valence electrons. The number of rotatable bonds is 6. The minimum Gasteiger partial charge on any atom is -0.494 e. The van der Waals surface area contributed by atoms with E-state index in [1.54, 1.807) is 55.5 Å². The summed E-state index contributed by atoms with van der Waals surface area (Å²) in [5.74, 6) is 0.364. The fraction of sp³-hybridized carbons (Fsp3) is 0.250. The van der Waals surface area contributed by atoms with E-state index in [4.69, 9.17) is 21.6 Å². The predicted molar refractivity (Wildman–Crippen MR) is 100 cm³/mol. The molecule has 0 aliphatic carbocycles. The van der Waals surface area contributed by atoms with Crippen molar-refractivity contribution in [3.8, 4) is 11.8 Å². The standard InChI is InChI=1S/C20H18ClN3O3/c1-20(15-5-3-14(13-22)4-6-15)18(25)24(19(26)23-20)11-2-12-27-17-9-7-16(21)8-10-17/h3-10H,2,11-12H2,1H3,(H,23,26). The van der Waals surface area contributed by atoms with Gasteiger partial charge in [-0.1, -0.05) is 23.7 Å². The van der Waals surface area contributed by atoms with Crippen LogP contribution in [0.15, 0.2) is 48.5 Å². The summed E-state index contributed by atoms with van der Waals surface area (Å²) in [5.41, 5.74) is -0.00246. The van der Waals surface area contributed by atoms with Crippen molar-refractivity contribution in [2.75, 3.05) is 13.2 Å². The Hall–Kier alpha value is -3.04. The average Bonchev–Trinajstić information content (AvgIpc) is 2.90. The lowest BCUT2D eigenvalue weighted by Gasteiger charge is -2.22. The number of amides is 3. The van der Waals surface area contributed by atoms with E-state index in [0.29, 0.717) is 34.9 Å². The van der Waals surface area contributed by atoms with Crippen molar-refractivity contribution in [2.24, 2.45) is 0 Å². The second kappa shape index (κ2) is 7.68. The van der Waals surface area contributed by atoms with Gasteiger partial charge in [0.05, 0.1) is 18.2 Å². The predicted octanol–water partition coefficient (Wildman–Crippen LogP) is 3.45. The molecule has 0 radical (unpaired) electrons. The van der Waals surface area contributed by atoms with E-state index >= 15 is 0 Å². The number of nitriles is 1. The number of benzene rings is 2. The number of carbonyl (C=O) groups is 2. The molecule has 0 spiro atoms. The van der Waals surface area contributed by atoms with Gasteiger partial charge in [0.1, 0.15) is 11.3 Å². The van der Waals surface area contributed by atoms with E-state index in [2.05, 4.69) is 5.32 Å². The number of ether oxygens (including phenoxy) is 1. The zero-order chi connectivity index (χ0) is 19.4. The summed E-state index contributed by atoms with van der Waals surface area (Å²) in [6.45, 7) is 2.29. The number of halogens is 1. The number of nitrogens with one attached hydrogen (secondary N) is 1. The van der Waals surface area contributed by atoms with Gasteiger partial charge in [0.2, 0.25) is 0 Å². The molecule has 0 bridgehead atoms. The zero-order valence-corrected chi connectivity index (χ0v) is 15.5. The lowest BCUT2D eigenvalue weighted by Crippen LogP contribution is -2.41. The van der Waals surface area contributed by atoms with Crippen molar-refractivity contribution in [3.05, 3.63) is 64.7 Å². The molecule has 0 aromatic heterocycles. The number of carbonyl (C=O) groups excluding carboxylic acids is 2. The first-order valence-corrected chi connectivity index (χ1v) is 8.85. The minimum absolute atomic E-state index is 0.254. The molecule has 1 heterocycles. The molecule has 1 fully saturated rings. The van der Waals surface area contributed by atoms with Crippen molar-refractivity contribution < 1.29 is 14.3 Å². The van der Waals surface area contributed by atoms with Gasteiger partial charge in [0.25, 0.3) is 5.91 Å². The first-order valence-electron chi connectivity index (χ1n) is 8.47. The quantitative estimate of drug-likeness (QED) is 0.611. The van der Waals surface area contributed by atoms with Gasteiger partial charge in [-0.3, -0.25) is 9.69 Å². The molecule has 1 aliphatic rings. The Morgan fingerprint density at radius 1 is 1.15 bits per heavy atom. The molecular weight excluding hydrogens is 366 g/mol. The Morgan fingerprint density at radius 3 is 2.44 bits per heavy atom. The van der Waals surface area contributed by atoms with Crippen LogP contribution in [0.1, 0.15) is 24.5 Å². The molecule has 3 rings (SSSR count). The molecule has 0 saturated carbocycles. The van der Waals surface area contributed by atoms with Crippen LogP contribution in [-0.2, 0) is 10.3 Å². The molecular formula is C20H18ClN3O3. The minimum atomic E-state index is -1.14. The SMILES string of the molecule is CC1(c2ccc(C#N)cc2)NC(=O)N(CCCOc2ccc(Cl)cc2)C1=O. The van der Waals surface area contributed by atoms with E-state index in [1.165, 1.54) is 4.90 Å². The fourth-order valence-corrected chi connectivity index (χ4v) is 3.04. The van der Waals surface area contributed by atoms with E-state index in [9.17, 15) is 9.59 Å². The summed E-state index contributed by atoms with van der Waals surface area (Å²) in [7, 11) is 0. The van der Waals surface area contributed by atoms with Crippen LogP contribution in [0.3, 0.4) is 0 Å². The van der Waals surface area contributed by atoms with E-state index in [1.807, 2.05) is 6.07 Å². The van der Waals surface area contributed by atoms with Crippen LogP contribution in [0, 0.1) is 11.3 Å². The Labute approximate surface area is 162 Å². The van der Waals surface area contributed by atoms with Crippen molar-refractivity contribution in [3.63, 3.8) is 0 Å². The van der Waals surface area contributed by atoms with Gasteiger partial charge in [-0.15, -0.1) is 0 Å². The number of imide groups is 1. The fourth-order valence-electron chi connectivity index (χ4n) is 2.92. The maximum absolute atomic E-state index is 12.8. The summed E-state index contributed by atoms with van der Waals surface area (Å²) < 4.78 is 5.59. The van der Waals surface area contributed by atoms with Crippen LogP contribution in [0.5, 0.6) is 5.75 Å². The van der Waals surface area contributed by atoms with Gasteiger partial charge >= 0.3 is 6.03 Å². The highest BCUT2D eigenvalue weighted by molar-refractivity contribution is 6.30. The molecule has 2 aromatic carbocycles. The average molecular weight is 384 g/mol. The molecule has 1 N–H and O–H groups in total. The van der Waals surface area contributed by atoms with Gasteiger partial charge in [-0.05, 0) is 55.3 Å². The van der Waals surface area contributed by atoms with Crippen LogP contribution < -0.4 is 10.1 Å². The molecule has 3 amide bonds. The normalized spacial score (nSPS) is 18.9. The maximum atomic E-state index is 12.8. The van der Waals surface area contributed by atoms with Gasteiger partial charge in [-0.25, -0.2) is 4.79 Å². The summed E-state index contributed by atoms with van der Waals surface area (Å²) in [4.78, 5) is 26.3. The van der Waals surface area contributed by atoms with Crippen LogP contribution in [-0.4, -0.2) is 30.0 Å². The highest BCUT2D eigenvalue weighted by atomic mass is 35.5. The third-order valence-corrected chi connectivity index (χ3v) is 4.73. The van der Waals surface area contributed by atoms with Gasteiger partial charge in [0.15, 0.2) is 0 Å². The van der Waals surface area contributed by atoms with Crippen LogP contribution in [0.2, 0.25) is 5.02 Å². The largest absolute Gasteiger partial charge is 0.494 e. The lowest BCUT2D eigenvalue weighted by molar-refractivity contribution is -0.131. The summed E-state index contributed by atoms with van der Waals surface area (Å²) in [5, 5.41) is 12.3. The van der Waals surface area contributed by atoms with E-state index in [-0.39, 0.29) is 12.5 Å². The van der Waals surface area contributed by atoms with Gasteiger partial charge < -0.3 is 10.1 Å². The molecule has 2 aromatic rings. The highest BCUT2D eigenvalue weighted by Crippen LogP contribution is 2.29. The third kappa shape index (κ3) is 3.88. The molecule has 27 heavy (non-hydrogen) atoms. The lowest BCUT2D eigenvalue weighted by atomic mass is 9.91. The Morgan fingerprint density at radius 2 is 1.81 bits per heavy atom. The Kier molecular flexibility index (Phi) is 5.33. The first-order chi connectivity index (χ1) is 12.9. The number of nitrogens with zero attached hydrogens (tertiary/aromatic N) is 2. The van der Waals surface area contributed by atoms with E-state index in [0.717, 1.165) is 0 Å². The van der Waals surface area contributed by atoms with Crippen LogP contribution >= 0.6 is 11.6 Å². The maximum Gasteiger partial charge on any atom is 0.325 e. The molecule has 7 heteroatoms. The zero-order valence-electron chi connectivity index (χ0n) is 14.7. The second-order valence-electron chi connectivity index (χ2n) is 6.36. The van der Waals surface area contributed by atoms with Crippen molar-refractivity contribution >= 4 is 23.5 Å². The van der Waals surface area contributed by atoms with E-state index < -0.39 is 11.6 Å². The molecule has 1 aliphatic heterocycles. The monoisotopic (exact) mass is 383 g/mol. The van der Waals surface area contributed by atoms with Crippen molar-refractivity contribution in [1.29, 1.82) is 5.26 Å². The van der Waals surface area contributed by atoms with Crippen LogP contribution in [0.25, 0.3) is 0 Å². The van der Waals surface area contributed by atoms with Crippen molar-refractivity contribution in [1.82, 2.24) is 10.2 Å². The number of hydrogen-bond acceptors (Lipinski definition) is 4. The Bertz CT molecular complexity index is 890. The number of hydrogen-bond donors (Lipinski definition) is 1. The summed E-state index contributed by atoms with van der Waals surface area (Å²) in [6, 6.07) is 15.2. The smallest absolute Gasteiger partial charge is 0.325 e. The molecule has 1 saturated heterocycles. The molecule has 6 nitrogen and oxygen atoms in total. The first kappa shape index (κ1) is 18.7. The number of urea groups is 1. The van der Waals surface area contributed by atoms with Gasteiger partial charge in [-0.2, -0.15) is 5.26 Å². The summed E-state index contributed by atoms with van der Waals surface area (Å²) in [6.07, 6.45) is 0.505.